The van der Waals surface area contributed by atoms with Crippen molar-refractivity contribution in [1.29, 1.82) is 0 Å². The molecule has 2 aliphatic heterocycles. The summed E-state index contributed by atoms with van der Waals surface area (Å²) in [5.41, 5.74) is 0.976. The topological polar surface area (TPSA) is 80.6 Å². The fourth-order valence-electron chi connectivity index (χ4n) is 3.25. The fraction of sp³-hybridized carbons (Fsp3) is 0.368. The summed E-state index contributed by atoms with van der Waals surface area (Å²) in [6, 6.07) is 9.69. The molecule has 1 aromatic heterocycles. The molecule has 140 valence electrons. The number of ether oxygens (including phenoxy) is 1. The van der Waals surface area contributed by atoms with Gasteiger partial charge in [0.15, 0.2) is 5.82 Å². The van der Waals surface area contributed by atoms with Gasteiger partial charge in [-0.2, -0.15) is 0 Å². The quantitative estimate of drug-likeness (QED) is 0.750. The second-order valence-electron chi connectivity index (χ2n) is 6.50. The van der Waals surface area contributed by atoms with Gasteiger partial charge in [-0.05, 0) is 11.6 Å². The third-order valence-corrected chi connectivity index (χ3v) is 4.77. The van der Waals surface area contributed by atoms with Crippen LogP contribution in [0, 0.1) is 0 Å². The molecule has 27 heavy (non-hydrogen) atoms. The largest absolute Gasteiger partial charge is 0.378 e. The van der Waals surface area contributed by atoms with Crippen molar-refractivity contribution < 1.29 is 14.3 Å². The Hall–Kier alpha value is -3.00. The molecular weight excluding hydrogens is 346 g/mol. The van der Waals surface area contributed by atoms with E-state index >= 15 is 0 Å². The lowest BCUT2D eigenvalue weighted by Gasteiger charge is -2.29. The van der Waals surface area contributed by atoms with E-state index in [0.717, 1.165) is 5.56 Å². The lowest BCUT2D eigenvalue weighted by atomic mass is 10.2. The predicted molar refractivity (Wildman–Crippen MR) is 97.6 cm³/mol. The molecule has 8 heteroatoms. The van der Waals surface area contributed by atoms with E-state index in [-0.39, 0.29) is 11.8 Å². The van der Waals surface area contributed by atoms with Gasteiger partial charge in [0.2, 0.25) is 11.7 Å². The minimum Gasteiger partial charge on any atom is -0.378 e. The molecule has 0 spiro atoms. The second kappa shape index (κ2) is 7.71. The van der Waals surface area contributed by atoms with Crippen LogP contribution in [0.5, 0.6) is 0 Å². The average molecular weight is 367 g/mol. The highest BCUT2D eigenvalue weighted by atomic mass is 16.5. The number of hydrogen-bond donors (Lipinski definition) is 0. The number of benzene rings is 1. The molecule has 0 aliphatic carbocycles. The Morgan fingerprint density at radius 1 is 0.963 bits per heavy atom. The van der Waals surface area contributed by atoms with Gasteiger partial charge in [-0.15, -0.1) is 10.2 Å². The number of fused-ring (bicyclic) bond motifs is 1. The molecule has 2 aromatic rings. The molecule has 0 bridgehead atoms. The number of amides is 2. The Morgan fingerprint density at radius 2 is 1.74 bits per heavy atom. The minimum atomic E-state index is -0.124. The summed E-state index contributed by atoms with van der Waals surface area (Å²) < 4.78 is 7.11. The molecule has 1 fully saturated rings. The van der Waals surface area contributed by atoms with Crippen LogP contribution in [-0.4, -0.2) is 69.2 Å². The number of aromatic nitrogens is 3. The Labute approximate surface area is 157 Å². The van der Waals surface area contributed by atoms with Gasteiger partial charge >= 0.3 is 0 Å². The van der Waals surface area contributed by atoms with Gasteiger partial charge in [-0.3, -0.25) is 9.59 Å². The third kappa shape index (κ3) is 3.75. The normalized spacial score (nSPS) is 17.2. The maximum Gasteiger partial charge on any atom is 0.291 e. The zero-order chi connectivity index (χ0) is 18.6. The van der Waals surface area contributed by atoms with E-state index in [1.54, 1.807) is 22.0 Å². The van der Waals surface area contributed by atoms with Crippen LogP contribution in [0.4, 0.5) is 0 Å². The standard InChI is InChI=1S/C19H21N5O3/c25-17(7-6-15-4-2-1-3-5-15)23-8-9-24-16(14-23)20-21-18(24)19(26)22-10-12-27-13-11-22/h1-7H,8-14H2/b7-6+. The van der Waals surface area contributed by atoms with E-state index < -0.39 is 0 Å². The van der Waals surface area contributed by atoms with Crippen LogP contribution >= 0.6 is 0 Å². The summed E-state index contributed by atoms with van der Waals surface area (Å²) in [7, 11) is 0. The summed E-state index contributed by atoms with van der Waals surface area (Å²) >= 11 is 0. The van der Waals surface area contributed by atoms with E-state index in [1.165, 1.54) is 0 Å². The third-order valence-electron chi connectivity index (χ3n) is 4.77. The van der Waals surface area contributed by atoms with Gasteiger partial charge < -0.3 is 19.1 Å². The van der Waals surface area contributed by atoms with E-state index in [2.05, 4.69) is 10.2 Å². The van der Waals surface area contributed by atoms with Crippen molar-refractivity contribution in [3.05, 3.63) is 53.6 Å². The lowest BCUT2D eigenvalue weighted by molar-refractivity contribution is -0.127. The molecule has 2 amide bonds. The van der Waals surface area contributed by atoms with Crippen molar-refractivity contribution in [2.24, 2.45) is 0 Å². The van der Waals surface area contributed by atoms with Crippen molar-refractivity contribution in [2.45, 2.75) is 13.1 Å². The van der Waals surface area contributed by atoms with Gasteiger partial charge in [0, 0.05) is 32.3 Å². The Kier molecular flexibility index (Phi) is 4.97. The fourth-order valence-corrected chi connectivity index (χ4v) is 3.25. The first-order valence-electron chi connectivity index (χ1n) is 9.03. The number of hydrogen-bond acceptors (Lipinski definition) is 5. The first-order valence-corrected chi connectivity index (χ1v) is 9.03. The maximum atomic E-state index is 12.7. The first-order chi connectivity index (χ1) is 13.2. The SMILES string of the molecule is O=C(/C=C/c1ccccc1)N1CCn2c(nnc2C(=O)N2CCOCC2)C1. The van der Waals surface area contributed by atoms with Gasteiger partial charge in [0.25, 0.3) is 5.91 Å². The Balaban J connectivity index is 1.43. The summed E-state index contributed by atoms with van der Waals surface area (Å²) in [5.74, 6) is 0.785. The van der Waals surface area contributed by atoms with E-state index in [1.807, 2.05) is 34.9 Å². The van der Waals surface area contributed by atoms with Gasteiger partial charge in [0.1, 0.15) is 0 Å². The van der Waals surface area contributed by atoms with E-state index in [9.17, 15) is 9.59 Å². The van der Waals surface area contributed by atoms with Crippen LogP contribution in [0.3, 0.4) is 0 Å². The summed E-state index contributed by atoms with van der Waals surface area (Å²) in [4.78, 5) is 28.6. The molecule has 1 saturated heterocycles. The molecule has 0 unspecified atom stereocenters. The molecule has 3 heterocycles. The lowest BCUT2D eigenvalue weighted by Crippen LogP contribution is -2.43. The Bertz CT molecular complexity index is 855. The second-order valence-corrected chi connectivity index (χ2v) is 6.50. The van der Waals surface area contributed by atoms with Crippen molar-refractivity contribution in [3.8, 4) is 0 Å². The number of nitrogens with zero attached hydrogens (tertiary/aromatic N) is 5. The van der Waals surface area contributed by atoms with Crippen LogP contribution in [0.2, 0.25) is 0 Å². The minimum absolute atomic E-state index is 0.0749. The molecule has 0 N–H and O–H groups in total. The number of carbonyl (C=O) groups is 2. The predicted octanol–water partition coefficient (Wildman–Crippen LogP) is 0.806. The van der Waals surface area contributed by atoms with Crippen molar-refractivity contribution in [1.82, 2.24) is 24.6 Å². The van der Waals surface area contributed by atoms with Crippen LogP contribution < -0.4 is 0 Å². The summed E-state index contributed by atoms with van der Waals surface area (Å²) in [5, 5.41) is 8.23. The van der Waals surface area contributed by atoms with Gasteiger partial charge in [0.05, 0.1) is 19.8 Å². The molecule has 0 saturated carbocycles. The highest BCUT2D eigenvalue weighted by Crippen LogP contribution is 2.15. The highest BCUT2D eigenvalue weighted by molar-refractivity contribution is 5.92. The maximum absolute atomic E-state index is 12.7. The molecule has 4 rings (SSSR count). The molecule has 8 nitrogen and oxygen atoms in total. The summed E-state index contributed by atoms with van der Waals surface area (Å²) in [6.07, 6.45) is 3.37. The molecule has 0 atom stereocenters. The highest BCUT2D eigenvalue weighted by Gasteiger charge is 2.29. The number of rotatable bonds is 3. The van der Waals surface area contributed by atoms with E-state index in [0.29, 0.717) is 57.6 Å². The van der Waals surface area contributed by atoms with Crippen molar-refractivity contribution in [2.75, 3.05) is 32.8 Å². The van der Waals surface area contributed by atoms with Gasteiger partial charge in [-0.25, -0.2) is 0 Å². The molecular formula is C19H21N5O3. The van der Waals surface area contributed by atoms with Gasteiger partial charge in [-0.1, -0.05) is 30.3 Å². The van der Waals surface area contributed by atoms with E-state index in [4.69, 9.17) is 4.74 Å². The number of carbonyl (C=O) groups excluding carboxylic acids is 2. The van der Waals surface area contributed by atoms with Crippen molar-refractivity contribution in [3.63, 3.8) is 0 Å². The van der Waals surface area contributed by atoms with Crippen LogP contribution in [-0.2, 0) is 22.6 Å². The average Bonchev–Trinajstić information content (AvgIpc) is 3.16. The van der Waals surface area contributed by atoms with Crippen LogP contribution in [0.25, 0.3) is 6.08 Å². The first kappa shape index (κ1) is 17.4. The summed E-state index contributed by atoms with van der Waals surface area (Å²) in [6.45, 7) is 3.60. The Morgan fingerprint density at radius 3 is 2.52 bits per heavy atom. The number of morpholine rings is 1. The zero-order valence-corrected chi connectivity index (χ0v) is 15.0. The molecule has 2 aliphatic rings. The van der Waals surface area contributed by atoms with Crippen molar-refractivity contribution >= 4 is 17.9 Å². The van der Waals surface area contributed by atoms with Crippen LogP contribution in [0.15, 0.2) is 36.4 Å². The van der Waals surface area contributed by atoms with Crippen LogP contribution in [0.1, 0.15) is 22.0 Å². The molecule has 0 radical (unpaired) electrons. The smallest absolute Gasteiger partial charge is 0.291 e. The monoisotopic (exact) mass is 367 g/mol. The zero-order valence-electron chi connectivity index (χ0n) is 15.0. The molecule has 1 aromatic carbocycles.